The van der Waals surface area contributed by atoms with Crippen molar-refractivity contribution in [3.05, 3.63) is 52.5 Å². The minimum atomic E-state index is -0.619. The molecule has 1 unspecified atom stereocenters. The van der Waals surface area contributed by atoms with Gasteiger partial charge in [-0.1, -0.05) is 30.1 Å². The molecule has 2 aromatic carbocycles. The maximum Gasteiger partial charge on any atom is 0.298 e. The Labute approximate surface area is 181 Å². The first-order valence-electron chi connectivity index (χ1n) is 8.59. The lowest BCUT2D eigenvalue weighted by molar-refractivity contribution is -0.705. The fourth-order valence-electron chi connectivity index (χ4n) is 2.48. The van der Waals surface area contributed by atoms with Crippen LogP contribution in [-0.4, -0.2) is 23.5 Å². The van der Waals surface area contributed by atoms with E-state index in [1.807, 2.05) is 6.92 Å². The molecule has 1 heterocycles. The van der Waals surface area contributed by atoms with Crippen LogP contribution in [0.3, 0.4) is 0 Å². The van der Waals surface area contributed by atoms with E-state index < -0.39 is 11.2 Å². The summed E-state index contributed by atoms with van der Waals surface area (Å²) in [5, 5.41) is 19.2. The van der Waals surface area contributed by atoms with Gasteiger partial charge >= 0.3 is 0 Å². The number of ether oxygens (including phenoxy) is 1. The largest absolute Gasteiger partial charge is 0.538 e. The van der Waals surface area contributed by atoms with E-state index in [2.05, 4.69) is 10.6 Å². The summed E-state index contributed by atoms with van der Waals surface area (Å²) < 4.78 is 11.3. The molecular weight excluding hydrogens is 437 g/mol. The standard InChI is InChI=1S/C19H17Cl2N3O4S/c1-3-16(17(25)22-11-4-9-14(20)15(21)10-11)29-18-19(26)28-23-24(18)12-5-7-13(27-2)8-6-12/h4-10,16H,3H2,1-2H3,(H-,22,23,25,26). The van der Waals surface area contributed by atoms with E-state index >= 15 is 0 Å². The van der Waals surface area contributed by atoms with Gasteiger partial charge in [-0.25, -0.2) is 0 Å². The number of anilines is 1. The third-order valence-electron chi connectivity index (χ3n) is 3.99. The fraction of sp³-hybridized carbons (Fsp3) is 0.211. The Morgan fingerprint density at radius 1 is 1.28 bits per heavy atom. The van der Waals surface area contributed by atoms with E-state index in [1.165, 1.54) is 4.68 Å². The number of thioether (sulfide) groups is 1. The van der Waals surface area contributed by atoms with E-state index in [1.54, 1.807) is 49.6 Å². The van der Waals surface area contributed by atoms with E-state index in [0.717, 1.165) is 11.8 Å². The molecule has 0 saturated carbocycles. The summed E-state index contributed by atoms with van der Waals surface area (Å²) in [7, 11) is 1.56. The minimum Gasteiger partial charge on any atom is -0.538 e. The van der Waals surface area contributed by atoms with E-state index in [0.29, 0.717) is 33.6 Å². The molecule has 0 bridgehead atoms. The molecule has 0 saturated heterocycles. The summed E-state index contributed by atoms with van der Waals surface area (Å²) >= 11 is 13.0. The van der Waals surface area contributed by atoms with E-state index in [9.17, 15) is 9.90 Å². The van der Waals surface area contributed by atoms with Crippen molar-refractivity contribution in [1.82, 2.24) is 5.27 Å². The monoisotopic (exact) mass is 453 g/mol. The molecule has 3 rings (SSSR count). The quantitative estimate of drug-likeness (QED) is 0.431. The second-order valence-corrected chi connectivity index (χ2v) is 7.91. The summed E-state index contributed by atoms with van der Waals surface area (Å²) in [5.41, 5.74) is 1.12. The third-order valence-corrected chi connectivity index (χ3v) is 6.13. The maximum atomic E-state index is 12.7. The zero-order valence-corrected chi connectivity index (χ0v) is 17.8. The van der Waals surface area contributed by atoms with Crippen molar-refractivity contribution in [2.45, 2.75) is 23.6 Å². The summed E-state index contributed by atoms with van der Waals surface area (Å²) in [5.74, 6) is -0.230. The zero-order chi connectivity index (χ0) is 21.0. The van der Waals surface area contributed by atoms with Crippen LogP contribution in [-0.2, 0) is 4.79 Å². The fourth-order valence-corrected chi connectivity index (χ4v) is 3.75. The van der Waals surface area contributed by atoms with Crippen LogP contribution < -0.4 is 19.8 Å². The summed E-state index contributed by atoms with van der Waals surface area (Å²) in [6, 6.07) is 11.8. The normalized spacial score (nSPS) is 11.9. The topological polar surface area (TPSA) is 91.3 Å². The lowest BCUT2D eigenvalue weighted by Gasteiger charge is -2.13. The highest BCUT2D eigenvalue weighted by atomic mass is 35.5. The average molecular weight is 454 g/mol. The summed E-state index contributed by atoms with van der Waals surface area (Å²) in [6.45, 7) is 1.85. The number of benzene rings is 2. The van der Waals surface area contributed by atoms with Gasteiger partial charge in [0, 0.05) is 17.8 Å². The number of hydrogen-bond donors (Lipinski definition) is 1. The molecule has 0 aliphatic rings. The van der Waals surface area contributed by atoms with Crippen LogP contribution in [0.25, 0.3) is 5.69 Å². The van der Waals surface area contributed by atoms with Gasteiger partial charge in [-0.15, -0.1) is 0 Å². The molecule has 0 aliphatic carbocycles. The molecule has 152 valence electrons. The number of nitrogens with one attached hydrogen (secondary N) is 1. The molecule has 1 N–H and O–H groups in total. The number of carbonyl (C=O) groups is 1. The van der Waals surface area contributed by atoms with Gasteiger partial charge in [0.1, 0.15) is 5.75 Å². The molecule has 0 fully saturated rings. The molecule has 1 aromatic heterocycles. The van der Waals surface area contributed by atoms with Crippen LogP contribution in [0.15, 0.2) is 52.0 Å². The van der Waals surface area contributed by atoms with Gasteiger partial charge in [-0.05, 0) is 53.2 Å². The Morgan fingerprint density at radius 2 is 2.00 bits per heavy atom. The highest BCUT2D eigenvalue weighted by molar-refractivity contribution is 8.00. The Morgan fingerprint density at radius 3 is 2.62 bits per heavy atom. The van der Waals surface area contributed by atoms with Gasteiger partial charge in [0.25, 0.3) is 5.03 Å². The lowest BCUT2D eigenvalue weighted by Crippen LogP contribution is -2.36. The average Bonchev–Trinajstić information content (AvgIpc) is 3.09. The van der Waals surface area contributed by atoms with Crippen molar-refractivity contribution >= 4 is 46.6 Å². The van der Waals surface area contributed by atoms with Crippen LogP contribution in [0.2, 0.25) is 10.0 Å². The smallest absolute Gasteiger partial charge is 0.298 e. The van der Waals surface area contributed by atoms with Gasteiger partial charge in [-0.2, -0.15) is 0 Å². The SMILES string of the molecule is CCC(Sc1c([O-])on[n+]1-c1ccc(OC)cc1)C(=O)Nc1ccc(Cl)c(Cl)c1. The van der Waals surface area contributed by atoms with E-state index in [4.69, 9.17) is 32.5 Å². The molecule has 1 amide bonds. The number of aromatic nitrogens is 2. The molecule has 0 spiro atoms. The zero-order valence-electron chi connectivity index (χ0n) is 15.5. The third kappa shape index (κ3) is 4.95. The van der Waals surface area contributed by atoms with Crippen molar-refractivity contribution in [3.8, 4) is 17.4 Å². The van der Waals surface area contributed by atoms with Crippen LogP contribution in [0.5, 0.6) is 11.7 Å². The molecule has 10 heteroatoms. The van der Waals surface area contributed by atoms with Crippen LogP contribution in [0.1, 0.15) is 13.3 Å². The summed E-state index contributed by atoms with van der Waals surface area (Å²) in [4.78, 5) is 12.7. The van der Waals surface area contributed by atoms with Crippen molar-refractivity contribution in [2.24, 2.45) is 0 Å². The number of methoxy groups -OCH3 is 1. The van der Waals surface area contributed by atoms with Crippen molar-refractivity contribution in [1.29, 1.82) is 0 Å². The molecule has 7 nitrogen and oxygen atoms in total. The minimum absolute atomic E-state index is 0.200. The first-order chi connectivity index (χ1) is 13.9. The number of nitrogens with zero attached hydrogens (tertiary/aromatic N) is 2. The molecule has 0 aliphatic heterocycles. The molecule has 1 atom stereocenters. The van der Waals surface area contributed by atoms with Gasteiger partial charge in [0.05, 0.1) is 27.7 Å². The van der Waals surface area contributed by atoms with Gasteiger partial charge in [0.15, 0.2) is 5.95 Å². The van der Waals surface area contributed by atoms with Crippen molar-refractivity contribution in [3.63, 3.8) is 0 Å². The highest BCUT2D eigenvalue weighted by Gasteiger charge is 2.28. The number of rotatable bonds is 7. The van der Waals surface area contributed by atoms with Crippen LogP contribution >= 0.6 is 35.0 Å². The Bertz CT molecular complexity index is 1010. The number of hydrogen-bond acceptors (Lipinski definition) is 6. The molecule has 0 radical (unpaired) electrons. The van der Waals surface area contributed by atoms with Gasteiger partial charge < -0.3 is 19.7 Å². The second kappa shape index (κ2) is 9.39. The number of carbonyl (C=O) groups excluding carboxylic acids is 1. The first-order valence-corrected chi connectivity index (χ1v) is 10.2. The molecule has 3 aromatic rings. The Hall–Kier alpha value is -2.42. The van der Waals surface area contributed by atoms with E-state index in [-0.39, 0.29) is 10.9 Å². The van der Waals surface area contributed by atoms with Crippen LogP contribution in [0, 0.1) is 0 Å². The van der Waals surface area contributed by atoms with Crippen molar-refractivity contribution in [2.75, 3.05) is 12.4 Å². The van der Waals surface area contributed by atoms with Gasteiger partial charge in [0.2, 0.25) is 11.6 Å². The predicted molar refractivity (Wildman–Crippen MR) is 109 cm³/mol. The lowest BCUT2D eigenvalue weighted by atomic mass is 10.2. The van der Waals surface area contributed by atoms with Crippen LogP contribution in [0.4, 0.5) is 5.69 Å². The second-order valence-electron chi connectivity index (χ2n) is 5.91. The molecule has 29 heavy (non-hydrogen) atoms. The Kier molecular flexibility index (Phi) is 6.89. The first kappa shape index (κ1) is 21.3. The number of amides is 1. The number of halogens is 2. The highest BCUT2D eigenvalue weighted by Crippen LogP contribution is 2.31. The maximum absolute atomic E-state index is 12.7. The molecular formula is C19H17Cl2N3O4S. The predicted octanol–water partition coefficient (Wildman–Crippen LogP) is 3.85. The van der Waals surface area contributed by atoms with Gasteiger partial charge in [-0.3, -0.25) is 4.79 Å². The van der Waals surface area contributed by atoms with Crippen molar-refractivity contribution < 1.29 is 23.8 Å². The Balaban J connectivity index is 1.80. The summed E-state index contributed by atoms with van der Waals surface area (Å²) in [6.07, 6.45) is 0.477.